The highest BCUT2D eigenvalue weighted by atomic mass is 16.3. The lowest BCUT2D eigenvalue weighted by Gasteiger charge is -2.28. The number of rotatable bonds is 3. The number of aromatic hydroxyl groups is 1. The number of benzene rings is 2. The van der Waals surface area contributed by atoms with Gasteiger partial charge in [-0.1, -0.05) is 60.7 Å². The molecule has 2 aromatic heterocycles. The van der Waals surface area contributed by atoms with Gasteiger partial charge in [0, 0.05) is 12.2 Å². The van der Waals surface area contributed by atoms with E-state index in [4.69, 9.17) is 0 Å². The molecule has 6 nitrogen and oxygen atoms in total. The average molecular weight is 399 g/mol. The maximum Gasteiger partial charge on any atom is 0.280 e. The summed E-state index contributed by atoms with van der Waals surface area (Å²) in [5.74, 6) is -0.749. The maximum atomic E-state index is 13.2. The molecule has 0 aliphatic carbocycles. The van der Waals surface area contributed by atoms with E-state index < -0.39 is 11.2 Å². The van der Waals surface area contributed by atoms with E-state index in [9.17, 15) is 14.7 Å². The molecular formula is C24H21N3O3. The van der Waals surface area contributed by atoms with Crippen LogP contribution in [0, 0.1) is 0 Å². The zero-order chi connectivity index (χ0) is 20.7. The lowest BCUT2D eigenvalue weighted by atomic mass is 9.85. The predicted molar refractivity (Wildman–Crippen MR) is 114 cm³/mol. The summed E-state index contributed by atoms with van der Waals surface area (Å²) >= 11 is 0. The summed E-state index contributed by atoms with van der Waals surface area (Å²) in [5.41, 5.74) is 2.76. The lowest BCUT2D eigenvalue weighted by molar-refractivity contribution is 0.460. The van der Waals surface area contributed by atoms with Crippen molar-refractivity contribution in [1.29, 1.82) is 0 Å². The summed E-state index contributed by atoms with van der Waals surface area (Å²) in [6.07, 6.45) is 3.68. The Hall–Kier alpha value is -3.67. The van der Waals surface area contributed by atoms with E-state index in [1.165, 1.54) is 4.52 Å². The van der Waals surface area contributed by atoms with Gasteiger partial charge in [0.1, 0.15) is 0 Å². The van der Waals surface area contributed by atoms with Crippen LogP contribution in [0.4, 0.5) is 0 Å². The van der Waals surface area contributed by atoms with Crippen molar-refractivity contribution >= 4 is 5.52 Å². The molecule has 6 heteroatoms. The van der Waals surface area contributed by atoms with Gasteiger partial charge in [-0.05, 0) is 30.4 Å². The Morgan fingerprint density at radius 2 is 1.53 bits per heavy atom. The first-order valence-electron chi connectivity index (χ1n) is 10.1. The predicted octanol–water partition coefficient (Wildman–Crippen LogP) is 3.08. The van der Waals surface area contributed by atoms with Gasteiger partial charge in [-0.25, -0.2) is 4.52 Å². The SMILES string of the molecule is O=c1cnn2c(C(c3ccccc3)c3ccccc3)c3n(c(=O)c2c1O)CCCC3. The fourth-order valence-corrected chi connectivity index (χ4v) is 4.48. The van der Waals surface area contributed by atoms with Crippen molar-refractivity contribution in [2.24, 2.45) is 0 Å². The number of nitrogens with zero attached hydrogens (tertiary/aromatic N) is 3. The molecule has 0 bridgehead atoms. The van der Waals surface area contributed by atoms with E-state index in [0.717, 1.165) is 48.0 Å². The van der Waals surface area contributed by atoms with E-state index >= 15 is 0 Å². The Bertz CT molecular complexity index is 1300. The smallest absolute Gasteiger partial charge is 0.280 e. The maximum absolute atomic E-state index is 13.2. The molecule has 30 heavy (non-hydrogen) atoms. The van der Waals surface area contributed by atoms with E-state index in [0.29, 0.717) is 6.54 Å². The monoisotopic (exact) mass is 399 g/mol. The highest BCUT2D eigenvalue weighted by Gasteiger charge is 2.29. The van der Waals surface area contributed by atoms with Crippen molar-refractivity contribution in [2.45, 2.75) is 31.7 Å². The number of aromatic nitrogens is 3. The third-order valence-electron chi connectivity index (χ3n) is 5.84. The molecule has 0 saturated heterocycles. The third kappa shape index (κ3) is 2.84. The summed E-state index contributed by atoms with van der Waals surface area (Å²) in [7, 11) is 0. The molecule has 150 valence electrons. The standard InChI is InChI=1S/C24H21N3O3/c28-19-15-25-27-21(18-13-7-8-14-26(18)24(30)22(27)23(19)29)20(16-9-3-1-4-10-16)17-11-5-2-6-12-17/h1-6,9-12,15,20,29H,7-8,13-14H2. The Kier molecular flexibility index (Phi) is 4.47. The molecule has 2 aromatic carbocycles. The molecule has 0 atom stereocenters. The van der Waals surface area contributed by atoms with Crippen molar-refractivity contribution in [2.75, 3.05) is 0 Å². The van der Waals surface area contributed by atoms with Gasteiger partial charge < -0.3 is 9.67 Å². The first-order chi connectivity index (χ1) is 14.7. The van der Waals surface area contributed by atoms with Crippen molar-refractivity contribution in [1.82, 2.24) is 14.2 Å². The highest BCUT2D eigenvalue weighted by molar-refractivity contribution is 5.59. The fourth-order valence-electron chi connectivity index (χ4n) is 4.48. The zero-order valence-corrected chi connectivity index (χ0v) is 16.4. The van der Waals surface area contributed by atoms with Crippen LogP contribution >= 0.6 is 0 Å². The van der Waals surface area contributed by atoms with E-state index in [-0.39, 0.29) is 17.0 Å². The zero-order valence-electron chi connectivity index (χ0n) is 16.4. The molecule has 4 aromatic rings. The molecule has 1 aliphatic rings. The Labute approximate surface area is 172 Å². The molecule has 0 fully saturated rings. The Morgan fingerprint density at radius 3 is 2.17 bits per heavy atom. The molecule has 0 saturated carbocycles. The van der Waals surface area contributed by atoms with Gasteiger partial charge in [-0.3, -0.25) is 9.59 Å². The van der Waals surface area contributed by atoms with Crippen molar-refractivity contribution in [3.63, 3.8) is 0 Å². The molecule has 1 N–H and O–H groups in total. The summed E-state index contributed by atoms with van der Waals surface area (Å²) in [5, 5.41) is 14.8. The highest BCUT2D eigenvalue weighted by Crippen LogP contribution is 2.35. The summed E-state index contributed by atoms with van der Waals surface area (Å²) in [6, 6.07) is 20.1. The largest absolute Gasteiger partial charge is 0.502 e. The van der Waals surface area contributed by atoms with Gasteiger partial charge in [0.25, 0.3) is 5.56 Å². The molecule has 0 unspecified atom stereocenters. The third-order valence-corrected chi connectivity index (χ3v) is 5.84. The number of hydrogen-bond acceptors (Lipinski definition) is 4. The summed E-state index contributed by atoms with van der Waals surface area (Å²) in [6.45, 7) is 0.566. The average Bonchev–Trinajstić information content (AvgIpc) is 2.80. The van der Waals surface area contributed by atoms with E-state index in [1.54, 1.807) is 4.57 Å². The first-order valence-corrected chi connectivity index (χ1v) is 10.1. The van der Waals surface area contributed by atoms with Crippen LogP contribution in [0.15, 0.2) is 76.4 Å². The van der Waals surface area contributed by atoms with E-state index in [1.807, 2.05) is 36.4 Å². The van der Waals surface area contributed by atoms with Gasteiger partial charge in [-0.2, -0.15) is 5.10 Å². The van der Waals surface area contributed by atoms with Crippen LogP contribution in [-0.2, 0) is 13.0 Å². The topological polar surface area (TPSA) is 76.6 Å². The molecular weight excluding hydrogens is 378 g/mol. The van der Waals surface area contributed by atoms with Crippen LogP contribution in [0.1, 0.15) is 41.3 Å². The van der Waals surface area contributed by atoms with Gasteiger partial charge in [0.2, 0.25) is 5.43 Å². The van der Waals surface area contributed by atoms with Crippen LogP contribution in [-0.4, -0.2) is 19.3 Å². The second-order valence-electron chi connectivity index (χ2n) is 7.62. The van der Waals surface area contributed by atoms with Crippen LogP contribution in [0.25, 0.3) is 5.52 Å². The quantitative estimate of drug-likeness (QED) is 0.574. The van der Waals surface area contributed by atoms with Gasteiger partial charge in [0.05, 0.1) is 17.8 Å². The minimum absolute atomic E-state index is 0.0555. The summed E-state index contributed by atoms with van der Waals surface area (Å²) < 4.78 is 3.20. The molecule has 5 rings (SSSR count). The van der Waals surface area contributed by atoms with Gasteiger partial charge in [-0.15, -0.1) is 0 Å². The number of fused-ring (bicyclic) bond motifs is 2. The van der Waals surface area contributed by atoms with Gasteiger partial charge >= 0.3 is 0 Å². The molecule has 0 radical (unpaired) electrons. The van der Waals surface area contributed by atoms with Crippen LogP contribution < -0.4 is 11.0 Å². The normalized spacial score (nSPS) is 13.5. The van der Waals surface area contributed by atoms with Crippen molar-refractivity contribution < 1.29 is 5.11 Å². The first kappa shape index (κ1) is 18.4. The lowest BCUT2D eigenvalue weighted by Crippen LogP contribution is -2.34. The minimum atomic E-state index is -0.648. The van der Waals surface area contributed by atoms with Crippen LogP contribution in [0.5, 0.6) is 5.75 Å². The Balaban J connectivity index is 1.95. The van der Waals surface area contributed by atoms with Crippen LogP contribution in [0.2, 0.25) is 0 Å². The van der Waals surface area contributed by atoms with Crippen molar-refractivity contribution in [3.05, 3.63) is 110 Å². The second kappa shape index (κ2) is 7.30. The molecule has 1 aliphatic heterocycles. The summed E-state index contributed by atoms with van der Waals surface area (Å²) in [4.78, 5) is 25.3. The van der Waals surface area contributed by atoms with Crippen LogP contribution in [0.3, 0.4) is 0 Å². The molecule has 3 heterocycles. The van der Waals surface area contributed by atoms with Crippen molar-refractivity contribution in [3.8, 4) is 5.75 Å². The minimum Gasteiger partial charge on any atom is -0.502 e. The molecule has 0 amide bonds. The second-order valence-corrected chi connectivity index (χ2v) is 7.62. The van der Waals surface area contributed by atoms with E-state index in [2.05, 4.69) is 29.4 Å². The van der Waals surface area contributed by atoms with Gasteiger partial charge in [0.15, 0.2) is 11.3 Å². The Morgan fingerprint density at radius 1 is 0.900 bits per heavy atom. The number of hydrogen-bond donors (Lipinski definition) is 1. The fraction of sp³-hybridized carbons (Fsp3) is 0.208. The molecule has 0 spiro atoms.